The van der Waals surface area contributed by atoms with Crippen LogP contribution in [0.5, 0.6) is 0 Å². The second-order valence-corrected chi connectivity index (χ2v) is 8.32. The van der Waals surface area contributed by atoms with Crippen LogP contribution in [0.25, 0.3) is 6.08 Å². The van der Waals surface area contributed by atoms with Crippen LogP contribution in [0.1, 0.15) is 10.4 Å². The second kappa shape index (κ2) is 6.76. The van der Waals surface area contributed by atoms with Gasteiger partial charge in [0.1, 0.15) is 5.57 Å². The summed E-state index contributed by atoms with van der Waals surface area (Å²) in [4.78, 5) is 27.1. The van der Waals surface area contributed by atoms with E-state index in [0.29, 0.717) is 10.7 Å². The van der Waals surface area contributed by atoms with E-state index in [1.807, 2.05) is 19.1 Å². The van der Waals surface area contributed by atoms with Crippen LogP contribution in [0.3, 0.4) is 0 Å². The molecule has 0 atom stereocenters. The molecule has 0 unspecified atom stereocenters. The fraction of sp³-hybridized carbons (Fsp3) is 0.0625. The molecule has 0 bridgehead atoms. The van der Waals surface area contributed by atoms with Crippen molar-refractivity contribution in [3.8, 4) is 0 Å². The number of nitrogens with zero attached hydrogens (tertiary/aromatic N) is 1. The van der Waals surface area contributed by atoms with E-state index in [4.69, 9.17) is 23.8 Å². The maximum absolute atomic E-state index is 12.8. The minimum absolute atomic E-state index is 0.0228. The largest absolute Gasteiger partial charge is 0.298 e. The highest BCUT2D eigenvalue weighted by Crippen LogP contribution is 2.28. The average molecular weight is 442 g/mol. The molecule has 8 heteroatoms. The maximum atomic E-state index is 12.8. The molecule has 1 saturated heterocycles. The van der Waals surface area contributed by atoms with Gasteiger partial charge in [0.2, 0.25) is 0 Å². The van der Waals surface area contributed by atoms with E-state index in [9.17, 15) is 9.59 Å². The number of rotatable bonds is 2. The molecule has 1 aromatic carbocycles. The summed E-state index contributed by atoms with van der Waals surface area (Å²) in [6, 6.07) is 8.86. The quantitative estimate of drug-likeness (QED) is 0.429. The third kappa shape index (κ3) is 3.30. The Hall–Kier alpha value is -1.54. The molecule has 0 saturated carbocycles. The molecule has 1 fully saturated rings. The number of aryl methyl sites for hydroxylation is 1. The molecule has 1 aliphatic heterocycles. The Morgan fingerprint density at radius 3 is 2.67 bits per heavy atom. The fourth-order valence-electron chi connectivity index (χ4n) is 2.16. The van der Waals surface area contributed by atoms with Crippen molar-refractivity contribution in [2.75, 3.05) is 4.90 Å². The number of hydrogen-bond acceptors (Lipinski definition) is 4. The molecule has 0 spiro atoms. The lowest BCUT2D eigenvalue weighted by Crippen LogP contribution is -2.54. The summed E-state index contributed by atoms with van der Waals surface area (Å²) in [6.07, 6.45) is 1.55. The van der Waals surface area contributed by atoms with Crippen molar-refractivity contribution in [3.05, 3.63) is 55.2 Å². The molecular weight excluding hydrogens is 432 g/mol. The SMILES string of the molecule is Cc1ccc(N2C(=O)C(=Cc3ccc(Br)s3)C(=O)NC2=S)cc1Cl. The van der Waals surface area contributed by atoms with Crippen molar-refractivity contribution in [2.24, 2.45) is 0 Å². The first-order chi connectivity index (χ1) is 11.4. The number of thiocarbonyl (C=S) groups is 1. The van der Waals surface area contributed by atoms with E-state index in [0.717, 1.165) is 14.2 Å². The van der Waals surface area contributed by atoms with Gasteiger partial charge in [0.05, 0.1) is 9.47 Å². The zero-order chi connectivity index (χ0) is 17.4. The number of benzene rings is 1. The van der Waals surface area contributed by atoms with E-state index in [1.165, 1.54) is 16.2 Å². The maximum Gasteiger partial charge on any atom is 0.270 e. The van der Waals surface area contributed by atoms with Gasteiger partial charge in [0.15, 0.2) is 5.11 Å². The summed E-state index contributed by atoms with van der Waals surface area (Å²) >= 11 is 16.1. The standard InChI is InChI=1S/C16H10BrClN2O2S2/c1-8-2-3-9(6-12(8)18)20-15(22)11(14(21)19-16(20)23)7-10-4-5-13(17)24-10/h2-7H,1H3,(H,19,21,23). The molecule has 2 heterocycles. The highest BCUT2D eigenvalue weighted by molar-refractivity contribution is 9.11. The van der Waals surface area contributed by atoms with E-state index in [2.05, 4.69) is 21.2 Å². The smallest absolute Gasteiger partial charge is 0.270 e. The van der Waals surface area contributed by atoms with E-state index < -0.39 is 11.8 Å². The lowest BCUT2D eigenvalue weighted by atomic mass is 10.1. The zero-order valence-corrected chi connectivity index (χ0v) is 16.3. The fourth-order valence-corrected chi connectivity index (χ4v) is 3.98. The van der Waals surface area contributed by atoms with Crippen molar-refractivity contribution in [1.29, 1.82) is 0 Å². The summed E-state index contributed by atoms with van der Waals surface area (Å²) in [5, 5.41) is 3.11. The van der Waals surface area contributed by atoms with Crippen LogP contribution < -0.4 is 10.2 Å². The third-order valence-corrected chi connectivity index (χ3v) is 5.66. The molecule has 1 N–H and O–H groups in total. The van der Waals surface area contributed by atoms with Crippen molar-refractivity contribution in [1.82, 2.24) is 5.32 Å². The first-order valence-electron chi connectivity index (χ1n) is 6.80. The van der Waals surface area contributed by atoms with Gasteiger partial charge in [-0.2, -0.15) is 0 Å². The predicted octanol–water partition coefficient (Wildman–Crippen LogP) is 4.30. The molecule has 2 amide bonds. The monoisotopic (exact) mass is 440 g/mol. The van der Waals surface area contributed by atoms with E-state index in [-0.39, 0.29) is 10.7 Å². The van der Waals surface area contributed by atoms with Gasteiger partial charge < -0.3 is 0 Å². The Morgan fingerprint density at radius 1 is 1.29 bits per heavy atom. The molecule has 0 aliphatic carbocycles. The van der Waals surface area contributed by atoms with Gasteiger partial charge >= 0.3 is 0 Å². The highest BCUT2D eigenvalue weighted by atomic mass is 79.9. The first kappa shape index (κ1) is 17.3. The van der Waals surface area contributed by atoms with Gasteiger partial charge in [-0.3, -0.25) is 19.8 Å². The van der Waals surface area contributed by atoms with Crippen LogP contribution in [-0.4, -0.2) is 16.9 Å². The number of carbonyl (C=O) groups excluding carboxylic acids is 2. The number of amides is 2. The summed E-state index contributed by atoms with van der Waals surface area (Å²) in [5.74, 6) is -0.989. The molecule has 1 aromatic heterocycles. The Balaban J connectivity index is 2.02. The third-order valence-electron chi connectivity index (χ3n) is 3.40. The summed E-state index contributed by atoms with van der Waals surface area (Å²) in [7, 11) is 0. The van der Waals surface area contributed by atoms with E-state index in [1.54, 1.807) is 24.3 Å². The predicted molar refractivity (Wildman–Crippen MR) is 104 cm³/mol. The van der Waals surface area contributed by atoms with Crippen LogP contribution in [0.15, 0.2) is 39.7 Å². The minimum atomic E-state index is -0.510. The van der Waals surface area contributed by atoms with Crippen LogP contribution in [0.4, 0.5) is 5.69 Å². The van der Waals surface area contributed by atoms with Gasteiger partial charge in [0.25, 0.3) is 11.8 Å². The zero-order valence-electron chi connectivity index (χ0n) is 12.3. The number of anilines is 1. The second-order valence-electron chi connectivity index (χ2n) is 5.03. The Bertz CT molecular complexity index is 907. The minimum Gasteiger partial charge on any atom is -0.298 e. The summed E-state index contributed by atoms with van der Waals surface area (Å²) < 4.78 is 0.913. The molecule has 4 nitrogen and oxygen atoms in total. The van der Waals surface area contributed by atoms with Crippen molar-refractivity contribution in [3.63, 3.8) is 0 Å². The molecule has 3 rings (SSSR count). The van der Waals surface area contributed by atoms with Gasteiger partial charge in [-0.1, -0.05) is 17.7 Å². The molecule has 122 valence electrons. The average Bonchev–Trinajstić information content (AvgIpc) is 2.92. The Labute approximate surface area is 161 Å². The highest BCUT2D eigenvalue weighted by Gasteiger charge is 2.34. The Kier molecular flexibility index (Phi) is 4.87. The summed E-state index contributed by atoms with van der Waals surface area (Å²) in [6.45, 7) is 1.87. The van der Waals surface area contributed by atoms with Gasteiger partial charge in [-0.25, -0.2) is 0 Å². The number of hydrogen-bond donors (Lipinski definition) is 1. The lowest BCUT2D eigenvalue weighted by Gasteiger charge is -2.29. The number of carbonyl (C=O) groups is 2. The van der Waals surface area contributed by atoms with Crippen molar-refractivity contribution < 1.29 is 9.59 Å². The molecule has 24 heavy (non-hydrogen) atoms. The van der Waals surface area contributed by atoms with Gasteiger partial charge in [-0.05, 0) is 71.0 Å². The normalized spacial score (nSPS) is 16.7. The molecule has 0 radical (unpaired) electrons. The first-order valence-corrected chi connectivity index (χ1v) is 9.19. The van der Waals surface area contributed by atoms with Crippen LogP contribution >= 0.6 is 51.1 Å². The van der Waals surface area contributed by atoms with Gasteiger partial charge in [-0.15, -0.1) is 11.3 Å². The van der Waals surface area contributed by atoms with Crippen LogP contribution in [0, 0.1) is 6.92 Å². The van der Waals surface area contributed by atoms with Crippen molar-refractivity contribution in [2.45, 2.75) is 6.92 Å². The lowest BCUT2D eigenvalue weighted by molar-refractivity contribution is -0.122. The summed E-state index contributed by atoms with van der Waals surface area (Å²) in [5.41, 5.74) is 1.42. The number of halogens is 2. The molecule has 2 aromatic rings. The van der Waals surface area contributed by atoms with Crippen LogP contribution in [0.2, 0.25) is 5.02 Å². The molecular formula is C16H10BrClN2O2S2. The van der Waals surface area contributed by atoms with Crippen LogP contribution in [-0.2, 0) is 9.59 Å². The van der Waals surface area contributed by atoms with E-state index >= 15 is 0 Å². The Morgan fingerprint density at radius 2 is 2.04 bits per heavy atom. The molecule has 1 aliphatic rings. The van der Waals surface area contributed by atoms with Gasteiger partial charge in [0, 0.05) is 9.90 Å². The van der Waals surface area contributed by atoms with Crippen molar-refractivity contribution >= 4 is 79.8 Å². The number of nitrogens with one attached hydrogen (secondary N) is 1. The number of thiophene rings is 1. The topological polar surface area (TPSA) is 49.4 Å².